The van der Waals surface area contributed by atoms with Gasteiger partial charge in [0.15, 0.2) is 5.17 Å². The molecule has 0 saturated carbocycles. The molecule has 0 radical (unpaired) electrons. The Labute approximate surface area is 177 Å². The largest absolute Gasteiger partial charge is 0.573 e. The smallest absolute Gasteiger partial charge is 0.406 e. The van der Waals surface area contributed by atoms with Gasteiger partial charge in [-0.05, 0) is 28.8 Å². The molecule has 1 N–H and O–H groups in total. The zero-order chi connectivity index (χ0) is 21.0. The lowest BCUT2D eigenvalue weighted by atomic mass is 9.95. The molecule has 0 saturated heterocycles. The molecule has 3 nitrogen and oxygen atoms in total. The first kappa shape index (κ1) is 20.3. The van der Waals surface area contributed by atoms with Crippen molar-refractivity contribution in [1.29, 1.82) is 0 Å². The fraction of sp³-hybridized carbons (Fsp3) is 0.174. The molecule has 7 heteroatoms. The summed E-state index contributed by atoms with van der Waals surface area (Å²) in [6.45, 7) is 0. The highest BCUT2D eigenvalue weighted by Crippen LogP contribution is 2.38. The number of thioether (sulfide) groups is 1. The van der Waals surface area contributed by atoms with Crippen LogP contribution in [0.25, 0.3) is 0 Å². The zero-order valence-electron chi connectivity index (χ0n) is 15.8. The summed E-state index contributed by atoms with van der Waals surface area (Å²) < 4.78 is 40.8. The van der Waals surface area contributed by atoms with Gasteiger partial charge in [0.2, 0.25) is 0 Å². The van der Waals surface area contributed by atoms with Crippen LogP contribution in [-0.4, -0.2) is 11.5 Å². The van der Waals surface area contributed by atoms with E-state index in [1.54, 1.807) is 12.1 Å². The second-order valence-electron chi connectivity index (χ2n) is 6.80. The molecule has 0 unspecified atom stereocenters. The highest BCUT2D eigenvalue weighted by Gasteiger charge is 2.32. The number of rotatable bonds is 5. The lowest BCUT2D eigenvalue weighted by Gasteiger charge is -2.19. The highest BCUT2D eigenvalue weighted by molar-refractivity contribution is 8.13. The molecule has 0 aromatic heterocycles. The maximum Gasteiger partial charge on any atom is 0.573 e. The van der Waals surface area contributed by atoms with Gasteiger partial charge in [-0.1, -0.05) is 84.6 Å². The second kappa shape index (κ2) is 8.83. The number of alkyl halides is 3. The number of amidine groups is 1. The number of hydrogen-bond acceptors (Lipinski definition) is 4. The standard InChI is InChI=1S/C23H19F3N2OS/c24-23(25,26)29-19-13-11-16(12-14-19)15-30-22-27-20(17-7-3-1-4-8-17)21(28-22)18-9-5-2-6-10-18/h1-14,20-21H,15H2,(H,27,28)/t20-,21+. The van der Waals surface area contributed by atoms with Crippen LogP contribution >= 0.6 is 11.8 Å². The van der Waals surface area contributed by atoms with Crippen LogP contribution < -0.4 is 10.1 Å². The van der Waals surface area contributed by atoms with Crippen molar-refractivity contribution in [3.63, 3.8) is 0 Å². The van der Waals surface area contributed by atoms with Crippen LogP contribution in [0.15, 0.2) is 89.9 Å². The molecule has 3 aromatic rings. The Morgan fingerprint density at radius 2 is 1.43 bits per heavy atom. The van der Waals surface area contributed by atoms with Crippen LogP contribution in [0.5, 0.6) is 5.75 Å². The molecule has 0 spiro atoms. The van der Waals surface area contributed by atoms with Gasteiger partial charge in [0.1, 0.15) is 11.8 Å². The van der Waals surface area contributed by atoms with E-state index in [-0.39, 0.29) is 17.8 Å². The van der Waals surface area contributed by atoms with Crippen molar-refractivity contribution in [3.05, 3.63) is 102 Å². The Hall–Kier alpha value is -2.93. The maximum atomic E-state index is 12.3. The van der Waals surface area contributed by atoms with E-state index in [0.717, 1.165) is 21.9 Å². The fourth-order valence-corrected chi connectivity index (χ4v) is 4.21. The lowest BCUT2D eigenvalue weighted by molar-refractivity contribution is -0.274. The first-order valence-corrected chi connectivity index (χ1v) is 10.4. The summed E-state index contributed by atoms with van der Waals surface area (Å²) in [5, 5.41) is 4.32. The molecule has 4 rings (SSSR count). The van der Waals surface area contributed by atoms with Crippen molar-refractivity contribution >= 4 is 16.9 Å². The predicted molar refractivity (Wildman–Crippen MR) is 113 cm³/mol. The molecule has 154 valence electrons. The summed E-state index contributed by atoms with van der Waals surface area (Å²) in [5.74, 6) is 0.363. The molecule has 30 heavy (non-hydrogen) atoms. The van der Waals surface area contributed by atoms with E-state index in [2.05, 4.69) is 34.3 Å². The van der Waals surface area contributed by atoms with E-state index in [4.69, 9.17) is 4.99 Å². The third-order valence-electron chi connectivity index (χ3n) is 4.68. The molecular formula is C23H19F3N2OS. The number of halogens is 3. The molecule has 3 aromatic carbocycles. The van der Waals surface area contributed by atoms with Crippen LogP contribution in [0.3, 0.4) is 0 Å². The molecular weight excluding hydrogens is 409 g/mol. The first-order chi connectivity index (χ1) is 14.5. The van der Waals surface area contributed by atoms with Crippen LogP contribution in [0, 0.1) is 0 Å². The summed E-state index contributed by atoms with van der Waals surface area (Å²) >= 11 is 1.53. The number of nitrogens with one attached hydrogen (secondary N) is 1. The Kier molecular flexibility index (Phi) is 5.99. The summed E-state index contributed by atoms with van der Waals surface area (Å²) in [7, 11) is 0. The van der Waals surface area contributed by atoms with E-state index in [1.165, 1.54) is 23.9 Å². The molecule has 1 aliphatic heterocycles. The number of aliphatic imine (C=N–C) groups is 1. The zero-order valence-corrected chi connectivity index (χ0v) is 16.7. The average Bonchev–Trinajstić information content (AvgIpc) is 3.18. The van der Waals surface area contributed by atoms with E-state index in [9.17, 15) is 13.2 Å². The van der Waals surface area contributed by atoms with Crippen LogP contribution in [0.1, 0.15) is 28.8 Å². The summed E-state index contributed by atoms with van der Waals surface area (Å²) in [5.41, 5.74) is 3.17. The molecule has 0 fully saturated rings. The van der Waals surface area contributed by atoms with Gasteiger partial charge in [-0.3, -0.25) is 4.99 Å². The van der Waals surface area contributed by atoms with Crippen molar-refractivity contribution in [2.45, 2.75) is 24.2 Å². The molecule has 0 aliphatic carbocycles. The minimum Gasteiger partial charge on any atom is -0.406 e. The topological polar surface area (TPSA) is 33.6 Å². The average molecular weight is 428 g/mol. The Balaban J connectivity index is 1.46. The monoisotopic (exact) mass is 428 g/mol. The minimum atomic E-state index is -4.68. The summed E-state index contributed by atoms with van der Waals surface area (Å²) in [4.78, 5) is 4.89. The van der Waals surface area contributed by atoms with Gasteiger partial charge in [-0.25, -0.2) is 0 Å². The number of nitrogens with zero attached hydrogens (tertiary/aromatic N) is 1. The van der Waals surface area contributed by atoms with E-state index in [0.29, 0.717) is 5.75 Å². The SMILES string of the molecule is FC(F)(F)Oc1ccc(CSC2=N[C@@H](c3ccccc3)[C@@H](c3ccccc3)N2)cc1. The predicted octanol–water partition coefficient (Wildman–Crippen LogP) is 6.26. The van der Waals surface area contributed by atoms with Gasteiger partial charge in [0.25, 0.3) is 0 Å². The van der Waals surface area contributed by atoms with E-state index in [1.807, 2.05) is 36.4 Å². The molecule has 2 atom stereocenters. The van der Waals surface area contributed by atoms with Gasteiger partial charge in [-0.2, -0.15) is 0 Å². The van der Waals surface area contributed by atoms with Crippen LogP contribution in [0.2, 0.25) is 0 Å². The van der Waals surface area contributed by atoms with Crippen molar-refractivity contribution < 1.29 is 17.9 Å². The van der Waals surface area contributed by atoms with Crippen molar-refractivity contribution in [2.75, 3.05) is 0 Å². The van der Waals surface area contributed by atoms with Crippen LogP contribution in [0.4, 0.5) is 13.2 Å². The third-order valence-corrected chi connectivity index (χ3v) is 5.66. The molecule has 0 bridgehead atoms. The van der Waals surface area contributed by atoms with Gasteiger partial charge >= 0.3 is 6.36 Å². The number of ether oxygens (including phenoxy) is 1. The van der Waals surface area contributed by atoms with E-state index < -0.39 is 6.36 Å². The second-order valence-corrected chi connectivity index (χ2v) is 7.77. The summed E-state index contributed by atoms with van der Waals surface area (Å²) in [6, 6.07) is 26.2. The van der Waals surface area contributed by atoms with Gasteiger partial charge < -0.3 is 10.1 Å². The normalized spacial score (nSPS) is 18.6. The maximum absolute atomic E-state index is 12.3. The minimum absolute atomic E-state index is 0.0265. The van der Waals surface area contributed by atoms with Gasteiger partial charge in [0.05, 0.1) is 6.04 Å². The van der Waals surface area contributed by atoms with E-state index >= 15 is 0 Å². The lowest BCUT2D eigenvalue weighted by Crippen LogP contribution is -2.22. The van der Waals surface area contributed by atoms with Crippen LogP contribution in [-0.2, 0) is 5.75 Å². The molecule has 1 heterocycles. The highest BCUT2D eigenvalue weighted by atomic mass is 32.2. The Morgan fingerprint density at radius 3 is 2.03 bits per heavy atom. The fourth-order valence-electron chi connectivity index (χ4n) is 3.31. The Morgan fingerprint density at radius 1 is 0.833 bits per heavy atom. The quantitative estimate of drug-likeness (QED) is 0.521. The van der Waals surface area contributed by atoms with Crippen molar-refractivity contribution in [3.8, 4) is 5.75 Å². The van der Waals surface area contributed by atoms with Gasteiger partial charge in [-0.15, -0.1) is 13.2 Å². The van der Waals surface area contributed by atoms with Crippen molar-refractivity contribution in [1.82, 2.24) is 5.32 Å². The van der Waals surface area contributed by atoms with Crippen molar-refractivity contribution in [2.24, 2.45) is 4.99 Å². The Bertz CT molecular complexity index is 992. The van der Waals surface area contributed by atoms with Gasteiger partial charge in [0, 0.05) is 5.75 Å². The number of hydrogen-bond donors (Lipinski definition) is 1. The number of benzene rings is 3. The first-order valence-electron chi connectivity index (χ1n) is 9.40. The molecule has 1 aliphatic rings. The molecule has 0 amide bonds. The summed E-state index contributed by atoms with van der Waals surface area (Å²) in [6.07, 6.45) is -4.68. The third kappa shape index (κ3) is 5.16.